The Morgan fingerprint density at radius 1 is 0.769 bits per heavy atom. The standard InChI is InChI=1S/C23H17ClO2/c1-23(18-14-8-9-15-19(18)24)21(17-12-6-3-7-13-17)20(22(25)26-23)16-10-4-2-5-11-16/h2-15H,1H3/t23-/m0/s1. The Labute approximate surface area is 157 Å². The second-order valence-electron chi connectivity index (χ2n) is 6.38. The number of carbonyl (C=O) groups excluding carboxylic acids is 1. The van der Waals surface area contributed by atoms with Crippen molar-refractivity contribution in [2.75, 3.05) is 0 Å². The Morgan fingerprint density at radius 3 is 1.92 bits per heavy atom. The van der Waals surface area contributed by atoms with Gasteiger partial charge in [0.15, 0.2) is 5.60 Å². The molecule has 0 radical (unpaired) electrons. The van der Waals surface area contributed by atoms with Crippen LogP contribution in [0.15, 0.2) is 84.9 Å². The lowest BCUT2D eigenvalue weighted by atomic mass is 9.81. The van der Waals surface area contributed by atoms with E-state index in [1.165, 1.54) is 0 Å². The molecular formula is C23H17ClO2. The molecule has 3 aromatic rings. The molecule has 0 saturated heterocycles. The van der Waals surface area contributed by atoms with Crippen LogP contribution >= 0.6 is 11.6 Å². The number of hydrogen-bond acceptors (Lipinski definition) is 2. The largest absolute Gasteiger partial charge is 0.446 e. The zero-order chi connectivity index (χ0) is 18.1. The fourth-order valence-electron chi connectivity index (χ4n) is 3.56. The Bertz CT molecular complexity index is 993. The molecule has 26 heavy (non-hydrogen) atoms. The van der Waals surface area contributed by atoms with Gasteiger partial charge in [0.2, 0.25) is 0 Å². The summed E-state index contributed by atoms with van der Waals surface area (Å²) in [5.74, 6) is -0.336. The summed E-state index contributed by atoms with van der Waals surface area (Å²) in [6.45, 7) is 1.91. The summed E-state index contributed by atoms with van der Waals surface area (Å²) in [6, 6.07) is 27.0. The molecule has 0 bridgehead atoms. The molecule has 0 saturated carbocycles. The van der Waals surface area contributed by atoms with E-state index in [0.29, 0.717) is 10.6 Å². The minimum Gasteiger partial charge on any atom is -0.446 e. The maximum absolute atomic E-state index is 12.9. The highest BCUT2D eigenvalue weighted by atomic mass is 35.5. The number of esters is 1. The molecule has 1 heterocycles. The molecule has 128 valence electrons. The average Bonchev–Trinajstić information content (AvgIpc) is 2.94. The van der Waals surface area contributed by atoms with Crippen molar-refractivity contribution in [3.05, 3.63) is 107 Å². The highest BCUT2D eigenvalue weighted by Crippen LogP contribution is 2.51. The molecule has 1 aliphatic rings. The van der Waals surface area contributed by atoms with Gasteiger partial charge in [0.05, 0.1) is 5.57 Å². The normalized spacial score (nSPS) is 19.5. The molecule has 1 aliphatic heterocycles. The van der Waals surface area contributed by atoms with E-state index in [-0.39, 0.29) is 5.97 Å². The molecule has 3 aromatic carbocycles. The average molecular weight is 361 g/mol. The van der Waals surface area contributed by atoms with Crippen LogP contribution in [0.5, 0.6) is 0 Å². The van der Waals surface area contributed by atoms with Crippen molar-refractivity contribution in [1.82, 2.24) is 0 Å². The second kappa shape index (κ2) is 6.47. The summed E-state index contributed by atoms with van der Waals surface area (Å²) >= 11 is 6.47. The molecule has 0 unspecified atom stereocenters. The van der Waals surface area contributed by atoms with E-state index in [2.05, 4.69) is 0 Å². The van der Waals surface area contributed by atoms with Crippen LogP contribution < -0.4 is 0 Å². The molecule has 1 atom stereocenters. The third-order valence-corrected chi connectivity index (χ3v) is 5.07. The Balaban J connectivity index is 2.04. The summed E-state index contributed by atoms with van der Waals surface area (Å²) < 4.78 is 5.95. The van der Waals surface area contributed by atoms with E-state index in [1.807, 2.05) is 91.9 Å². The van der Waals surface area contributed by atoms with Crippen molar-refractivity contribution >= 4 is 28.7 Å². The van der Waals surface area contributed by atoms with E-state index in [1.54, 1.807) is 0 Å². The maximum atomic E-state index is 12.9. The smallest absolute Gasteiger partial charge is 0.340 e. The van der Waals surface area contributed by atoms with E-state index in [9.17, 15) is 4.79 Å². The molecule has 0 aromatic heterocycles. The third-order valence-electron chi connectivity index (χ3n) is 4.74. The highest BCUT2D eigenvalue weighted by Gasteiger charge is 2.47. The SMILES string of the molecule is C[C@@]1(c2ccccc2Cl)OC(=O)C(c2ccccc2)=C1c1ccccc1. The molecule has 4 rings (SSSR count). The van der Waals surface area contributed by atoms with Gasteiger partial charge >= 0.3 is 5.97 Å². The minimum atomic E-state index is -0.956. The van der Waals surface area contributed by atoms with Gasteiger partial charge in [-0.1, -0.05) is 90.5 Å². The number of carbonyl (C=O) groups is 1. The number of rotatable bonds is 3. The fraction of sp³-hybridized carbons (Fsp3) is 0.0870. The summed E-state index contributed by atoms with van der Waals surface area (Å²) in [5.41, 5.74) is 3.02. The van der Waals surface area contributed by atoms with Crippen LogP contribution in [0.4, 0.5) is 0 Å². The van der Waals surface area contributed by atoms with Crippen LogP contribution in [-0.2, 0) is 15.1 Å². The molecule has 3 heteroatoms. The van der Waals surface area contributed by atoms with E-state index in [0.717, 1.165) is 22.3 Å². The van der Waals surface area contributed by atoms with Crippen LogP contribution in [-0.4, -0.2) is 5.97 Å². The molecule has 0 N–H and O–H groups in total. The van der Waals surface area contributed by atoms with Crippen molar-refractivity contribution < 1.29 is 9.53 Å². The third kappa shape index (κ3) is 2.63. The van der Waals surface area contributed by atoms with Gasteiger partial charge in [-0.25, -0.2) is 4.79 Å². The quantitative estimate of drug-likeness (QED) is 0.558. The van der Waals surface area contributed by atoms with E-state index < -0.39 is 5.60 Å². The summed E-state index contributed by atoms with van der Waals surface area (Å²) in [7, 11) is 0. The predicted molar refractivity (Wildman–Crippen MR) is 105 cm³/mol. The lowest BCUT2D eigenvalue weighted by Gasteiger charge is -2.28. The van der Waals surface area contributed by atoms with Crippen LogP contribution in [0, 0.1) is 0 Å². The van der Waals surface area contributed by atoms with Gasteiger partial charge in [-0.05, 0) is 24.1 Å². The van der Waals surface area contributed by atoms with E-state index >= 15 is 0 Å². The molecule has 0 amide bonds. The molecule has 0 spiro atoms. The first-order valence-corrected chi connectivity index (χ1v) is 8.83. The van der Waals surface area contributed by atoms with Crippen LogP contribution in [0.3, 0.4) is 0 Å². The topological polar surface area (TPSA) is 26.3 Å². The minimum absolute atomic E-state index is 0.336. The van der Waals surface area contributed by atoms with Crippen molar-refractivity contribution in [2.45, 2.75) is 12.5 Å². The number of hydrogen-bond donors (Lipinski definition) is 0. The summed E-state index contributed by atoms with van der Waals surface area (Å²) in [5, 5.41) is 0.575. The summed E-state index contributed by atoms with van der Waals surface area (Å²) in [4.78, 5) is 12.9. The van der Waals surface area contributed by atoms with Gasteiger partial charge in [0, 0.05) is 16.2 Å². The number of ether oxygens (including phenoxy) is 1. The van der Waals surface area contributed by atoms with E-state index in [4.69, 9.17) is 16.3 Å². The Hall–Kier alpha value is -2.84. The van der Waals surface area contributed by atoms with Gasteiger partial charge in [0.25, 0.3) is 0 Å². The molecule has 0 aliphatic carbocycles. The van der Waals surface area contributed by atoms with Gasteiger partial charge < -0.3 is 4.74 Å². The van der Waals surface area contributed by atoms with Crippen molar-refractivity contribution in [1.29, 1.82) is 0 Å². The number of halogens is 1. The molecular weight excluding hydrogens is 344 g/mol. The lowest BCUT2D eigenvalue weighted by Crippen LogP contribution is -2.25. The molecule has 2 nitrogen and oxygen atoms in total. The monoisotopic (exact) mass is 360 g/mol. The van der Waals surface area contributed by atoms with Crippen LogP contribution in [0.1, 0.15) is 23.6 Å². The number of benzene rings is 3. The van der Waals surface area contributed by atoms with Crippen LogP contribution in [0.2, 0.25) is 5.02 Å². The zero-order valence-electron chi connectivity index (χ0n) is 14.3. The predicted octanol–water partition coefficient (Wildman–Crippen LogP) is 5.72. The van der Waals surface area contributed by atoms with Crippen molar-refractivity contribution in [3.63, 3.8) is 0 Å². The van der Waals surface area contributed by atoms with Gasteiger partial charge in [-0.2, -0.15) is 0 Å². The fourth-order valence-corrected chi connectivity index (χ4v) is 3.87. The van der Waals surface area contributed by atoms with Gasteiger partial charge in [0.1, 0.15) is 0 Å². The first kappa shape index (κ1) is 16.6. The highest BCUT2D eigenvalue weighted by molar-refractivity contribution is 6.33. The lowest BCUT2D eigenvalue weighted by molar-refractivity contribution is -0.143. The van der Waals surface area contributed by atoms with Gasteiger partial charge in [-0.3, -0.25) is 0 Å². The second-order valence-corrected chi connectivity index (χ2v) is 6.79. The summed E-state index contributed by atoms with van der Waals surface area (Å²) in [6.07, 6.45) is 0. The first-order valence-electron chi connectivity index (χ1n) is 8.45. The zero-order valence-corrected chi connectivity index (χ0v) is 15.0. The van der Waals surface area contributed by atoms with Crippen molar-refractivity contribution in [2.24, 2.45) is 0 Å². The molecule has 0 fully saturated rings. The van der Waals surface area contributed by atoms with Crippen molar-refractivity contribution in [3.8, 4) is 0 Å². The first-order chi connectivity index (χ1) is 12.6. The van der Waals surface area contributed by atoms with Gasteiger partial charge in [-0.15, -0.1) is 0 Å². The Kier molecular flexibility index (Phi) is 4.14. The maximum Gasteiger partial charge on any atom is 0.340 e. The number of cyclic esters (lactones) is 1. The Morgan fingerprint density at radius 2 is 1.31 bits per heavy atom. The van der Waals surface area contributed by atoms with Crippen LogP contribution in [0.25, 0.3) is 11.1 Å².